The van der Waals surface area contributed by atoms with Crippen LogP contribution in [-0.4, -0.2) is 19.8 Å². The summed E-state index contributed by atoms with van der Waals surface area (Å²) in [7, 11) is 1.69. The molecular weight excluding hydrogens is 268 g/mol. The van der Waals surface area contributed by atoms with Gasteiger partial charge in [-0.05, 0) is 40.5 Å². The van der Waals surface area contributed by atoms with E-state index in [2.05, 4.69) is 34.2 Å². The van der Waals surface area contributed by atoms with Gasteiger partial charge in [0.2, 0.25) is 0 Å². The van der Waals surface area contributed by atoms with Crippen LogP contribution in [0.2, 0.25) is 0 Å². The Morgan fingerprint density at radius 1 is 1.56 bits per heavy atom. The van der Waals surface area contributed by atoms with Crippen LogP contribution in [0.5, 0.6) is 0 Å². The Bertz CT molecular complexity index is 387. The molecule has 86 valence electrons. The van der Waals surface area contributed by atoms with Crippen molar-refractivity contribution in [2.24, 2.45) is 0 Å². The monoisotopic (exact) mass is 282 g/mol. The van der Waals surface area contributed by atoms with E-state index < -0.39 is 0 Å². The fraction of sp³-hybridized carbons (Fsp3) is 0.417. The first-order valence-corrected chi connectivity index (χ1v) is 5.95. The Morgan fingerprint density at radius 2 is 2.31 bits per heavy atom. The third kappa shape index (κ3) is 3.51. The number of methoxy groups -OCH3 is 1. The maximum absolute atomic E-state index is 8.75. The first-order valence-electron chi connectivity index (χ1n) is 5.16. The SMILES string of the molecule is CCC(COC)Nc1ccc(C#N)cc1Br. The second kappa shape index (κ2) is 6.51. The number of benzene rings is 1. The number of rotatable bonds is 5. The van der Waals surface area contributed by atoms with Crippen LogP contribution in [0, 0.1) is 11.3 Å². The van der Waals surface area contributed by atoms with E-state index in [1.807, 2.05) is 12.1 Å². The van der Waals surface area contributed by atoms with E-state index in [0.717, 1.165) is 16.6 Å². The van der Waals surface area contributed by atoms with Crippen molar-refractivity contribution in [1.29, 1.82) is 5.26 Å². The van der Waals surface area contributed by atoms with Gasteiger partial charge < -0.3 is 10.1 Å². The molecule has 1 aromatic carbocycles. The number of hydrogen-bond acceptors (Lipinski definition) is 3. The zero-order valence-electron chi connectivity index (χ0n) is 9.46. The number of nitriles is 1. The Hall–Kier alpha value is -1.05. The lowest BCUT2D eigenvalue weighted by molar-refractivity contribution is 0.184. The molecule has 0 radical (unpaired) electrons. The van der Waals surface area contributed by atoms with Crippen molar-refractivity contribution in [2.45, 2.75) is 19.4 Å². The lowest BCUT2D eigenvalue weighted by Gasteiger charge is -2.18. The highest BCUT2D eigenvalue weighted by Gasteiger charge is 2.08. The molecule has 0 fully saturated rings. The number of anilines is 1. The van der Waals surface area contributed by atoms with Gasteiger partial charge in [0.25, 0.3) is 0 Å². The number of nitrogens with zero attached hydrogens (tertiary/aromatic N) is 1. The van der Waals surface area contributed by atoms with E-state index >= 15 is 0 Å². The summed E-state index contributed by atoms with van der Waals surface area (Å²) in [5.74, 6) is 0. The van der Waals surface area contributed by atoms with E-state index in [0.29, 0.717) is 12.2 Å². The molecule has 1 atom stereocenters. The Labute approximate surface area is 105 Å². The van der Waals surface area contributed by atoms with E-state index in [-0.39, 0.29) is 6.04 Å². The average Bonchev–Trinajstić information content (AvgIpc) is 2.30. The van der Waals surface area contributed by atoms with Crippen LogP contribution in [0.4, 0.5) is 5.69 Å². The zero-order valence-corrected chi connectivity index (χ0v) is 11.0. The van der Waals surface area contributed by atoms with Gasteiger partial charge in [-0.2, -0.15) is 5.26 Å². The topological polar surface area (TPSA) is 45.0 Å². The van der Waals surface area contributed by atoms with Gasteiger partial charge in [0, 0.05) is 23.3 Å². The average molecular weight is 283 g/mol. The predicted molar refractivity (Wildman–Crippen MR) is 68.4 cm³/mol. The lowest BCUT2D eigenvalue weighted by Crippen LogP contribution is -2.24. The van der Waals surface area contributed by atoms with Crippen LogP contribution >= 0.6 is 15.9 Å². The summed E-state index contributed by atoms with van der Waals surface area (Å²) >= 11 is 3.44. The van der Waals surface area contributed by atoms with Crippen molar-refractivity contribution in [3.05, 3.63) is 28.2 Å². The molecule has 0 saturated heterocycles. The van der Waals surface area contributed by atoms with Gasteiger partial charge >= 0.3 is 0 Å². The summed E-state index contributed by atoms with van der Waals surface area (Å²) in [6.07, 6.45) is 0.986. The molecule has 0 aliphatic heterocycles. The molecule has 1 unspecified atom stereocenters. The highest BCUT2D eigenvalue weighted by Crippen LogP contribution is 2.24. The molecule has 1 rings (SSSR count). The van der Waals surface area contributed by atoms with Gasteiger partial charge in [0.15, 0.2) is 0 Å². The molecule has 0 spiro atoms. The first kappa shape index (κ1) is 13.0. The molecule has 0 amide bonds. The minimum absolute atomic E-state index is 0.286. The van der Waals surface area contributed by atoms with Crippen molar-refractivity contribution in [1.82, 2.24) is 0 Å². The van der Waals surface area contributed by atoms with E-state index in [9.17, 15) is 0 Å². The van der Waals surface area contributed by atoms with Crippen molar-refractivity contribution in [3.63, 3.8) is 0 Å². The van der Waals surface area contributed by atoms with E-state index in [4.69, 9.17) is 10.00 Å². The molecular formula is C12H15BrN2O. The molecule has 3 nitrogen and oxygen atoms in total. The maximum atomic E-state index is 8.75. The normalized spacial score (nSPS) is 11.9. The molecule has 0 aliphatic carbocycles. The summed E-state index contributed by atoms with van der Waals surface area (Å²) in [6.45, 7) is 2.77. The van der Waals surface area contributed by atoms with Crippen LogP contribution in [0.25, 0.3) is 0 Å². The third-order valence-electron chi connectivity index (χ3n) is 2.32. The number of hydrogen-bond donors (Lipinski definition) is 1. The number of nitrogens with one attached hydrogen (secondary N) is 1. The number of ether oxygens (including phenoxy) is 1. The van der Waals surface area contributed by atoms with Gasteiger partial charge in [-0.25, -0.2) is 0 Å². The summed E-state index contributed by atoms with van der Waals surface area (Å²) in [4.78, 5) is 0. The highest BCUT2D eigenvalue weighted by molar-refractivity contribution is 9.10. The Morgan fingerprint density at radius 3 is 2.81 bits per heavy atom. The molecule has 4 heteroatoms. The minimum Gasteiger partial charge on any atom is -0.383 e. The summed E-state index contributed by atoms with van der Waals surface area (Å²) < 4.78 is 6.03. The largest absolute Gasteiger partial charge is 0.383 e. The van der Waals surface area contributed by atoms with Crippen molar-refractivity contribution in [2.75, 3.05) is 19.0 Å². The first-order chi connectivity index (χ1) is 7.71. The van der Waals surface area contributed by atoms with Crippen LogP contribution < -0.4 is 5.32 Å². The second-order valence-corrected chi connectivity index (χ2v) is 4.37. The Kier molecular flexibility index (Phi) is 5.30. The predicted octanol–water partition coefficient (Wildman–Crippen LogP) is 3.16. The molecule has 0 bridgehead atoms. The summed E-state index contributed by atoms with van der Waals surface area (Å²) in [5, 5.41) is 12.1. The van der Waals surface area contributed by atoms with Gasteiger partial charge in [-0.15, -0.1) is 0 Å². The Balaban J connectivity index is 2.77. The molecule has 0 saturated carbocycles. The van der Waals surface area contributed by atoms with Crippen molar-refractivity contribution in [3.8, 4) is 6.07 Å². The van der Waals surface area contributed by atoms with Crippen LogP contribution in [0.1, 0.15) is 18.9 Å². The number of halogens is 1. The van der Waals surface area contributed by atoms with Gasteiger partial charge in [0.1, 0.15) is 0 Å². The maximum Gasteiger partial charge on any atom is 0.0992 e. The zero-order chi connectivity index (χ0) is 12.0. The summed E-state index contributed by atoms with van der Waals surface area (Å²) in [6, 6.07) is 7.90. The smallest absolute Gasteiger partial charge is 0.0992 e. The summed E-state index contributed by atoms with van der Waals surface area (Å²) in [5.41, 5.74) is 1.64. The fourth-order valence-corrected chi connectivity index (χ4v) is 1.88. The third-order valence-corrected chi connectivity index (χ3v) is 2.97. The molecule has 0 aliphatic rings. The molecule has 1 aromatic rings. The van der Waals surface area contributed by atoms with Gasteiger partial charge in [-0.1, -0.05) is 6.92 Å². The van der Waals surface area contributed by atoms with Gasteiger partial charge in [-0.3, -0.25) is 0 Å². The van der Waals surface area contributed by atoms with Crippen LogP contribution in [0.15, 0.2) is 22.7 Å². The molecule has 16 heavy (non-hydrogen) atoms. The second-order valence-electron chi connectivity index (χ2n) is 3.51. The van der Waals surface area contributed by atoms with Gasteiger partial charge in [0.05, 0.1) is 18.2 Å². The quantitative estimate of drug-likeness (QED) is 0.902. The minimum atomic E-state index is 0.286. The van der Waals surface area contributed by atoms with Crippen molar-refractivity contribution < 1.29 is 4.74 Å². The standard InChI is InChI=1S/C12H15BrN2O/c1-3-10(8-16-2)15-12-5-4-9(7-14)6-11(12)13/h4-6,10,15H,3,8H2,1-2H3. The van der Waals surface area contributed by atoms with E-state index in [1.165, 1.54) is 0 Å². The van der Waals surface area contributed by atoms with Crippen LogP contribution in [0.3, 0.4) is 0 Å². The lowest BCUT2D eigenvalue weighted by atomic mass is 10.2. The highest BCUT2D eigenvalue weighted by atomic mass is 79.9. The van der Waals surface area contributed by atoms with E-state index in [1.54, 1.807) is 13.2 Å². The molecule has 0 heterocycles. The van der Waals surface area contributed by atoms with Crippen molar-refractivity contribution >= 4 is 21.6 Å². The fourth-order valence-electron chi connectivity index (χ4n) is 1.38. The molecule has 0 aromatic heterocycles. The molecule has 1 N–H and O–H groups in total. The van der Waals surface area contributed by atoms with Crippen LogP contribution in [-0.2, 0) is 4.74 Å².